The Bertz CT molecular complexity index is 726. The number of hydrogen-bond acceptors (Lipinski definition) is 3. The molecule has 1 N–H and O–H groups in total. The third kappa shape index (κ3) is 4.50. The van der Waals surface area contributed by atoms with Crippen LogP contribution in [0.15, 0.2) is 30.5 Å². The zero-order chi connectivity index (χ0) is 17.6. The van der Waals surface area contributed by atoms with Crippen LogP contribution in [0.1, 0.15) is 38.2 Å². The molecule has 0 saturated carbocycles. The number of rotatable bonds is 6. The zero-order valence-corrected chi connectivity index (χ0v) is 15.6. The summed E-state index contributed by atoms with van der Waals surface area (Å²) in [4.78, 5) is 19.1. The first kappa shape index (κ1) is 18.2. The summed E-state index contributed by atoms with van der Waals surface area (Å²) >= 11 is 6.28. The van der Waals surface area contributed by atoms with Gasteiger partial charge in [0.05, 0.1) is 5.52 Å². The summed E-state index contributed by atoms with van der Waals surface area (Å²) in [6.45, 7) is 5.69. The molecular formula is C20H26ClN3O. The van der Waals surface area contributed by atoms with Gasteiger partial charge in [0, 0.05) is 35.6 Å². The van der Waals surface area contributed by atoms with E-state index in [-0.39, 0.29) is 11.8 Å². The Hall–Kier alpha value is -1.65. The van der Waals surface area contributed by atoms with Gasteiger partial charge in [0.25, 0.3) is 0 Å². The average molecular weight is 360 g/mol. The Morgan fingerprint density at radius 2 is 2.12 bits per heavy atom. The van der Waals surface area contributed by atoms with Crippen LogP contribution < -0.4 is 5.32 Å². The number of benzene rings is 1. The summed E-state index contributed by atoms with van der Waals surface area (Å²) in [7, 11) is 0. The molecule has 3 rings (SSSR count). The fourth-order valence-electron chi connectivity index (χ4n) is 3.45. The fourth-order valence-corrected chi connectivity index (χ4v) is 3.67. The molecule has 5 heteroatoms. The van der Waals surface area contributed by atoms with Crippen LogP contribution in [0.25, 0.3) is 10.9 Å². The maximum Gasteiger partial charge on any atom is 0.223 e. The molecular weight excluding hydrogens is 334 g/mol. The van der Waals surface area contributed by atoms with Gasteiger partial charge in [0.15, 0.2) is 0 Å². The van der Waals surface area contributed by atoms with E-state index in [4.69, 9.17) is 11.6 Å². The summed E-state index contributed by atoms with van der Waals surface area (Å²) in [5.74, 6) is 0.389. The van der Waals surface area contributed by atoms with E-state index in [0.717, 1.165) is 67.8 Å². The molecule has 1 amide bonds. The van der Waals surface area contributed by atoms with Gasteiger partial charge < -0.3 is 5.32 Å². The van der Waals surface area contributed by atoms with Crippen molar-refractivity contribution in [3.63, 3.8) is 0 Å². The molecule has 2 heterocycles. The van der Waals surface area contributed by atoms with Gasteiger partial charge in [-0.3, -0.25) is 14.7 Å². The monoisotopic (exact) mass is 359 g/mol. The van der Waals surface area contributed by atoms with E-state index >= 15 is 0 Å². The minimum atomic E-state index is 0.160. The van der Waals surface area contributed by atoms with Crippen LogP contribution in [0.3, 0.4) is 0 Å². The Morgan fingerprint density at radius 3 is 2.88 bits per heavy atom. The van der Waals surface area contributed by atoms with Gasteiger partial charge in [-0.05, 0) is 56.1 Å². The maximum absolute atomic E-state index is 12.2. The number of halogens is 1. The fraction of sp³-hybridized carbons (Fsp3) is 0.500. The van der Waals surface area contributed by atoms with E-state index in [1.165, 1.54) is 5.56 Å². The molecule has 2 aromatic rings. The number of piperidine rings is 1. The number of aromatic nitrogens is 1. The van der Waals surface area contributed by atoms with Crippen molar-refractivity contribution in [1.82, 2.24) is 15.2 Å². The predicted octanol–water partition coefficient (Wildman–Crippen LogP) is 4.02. The first-order valence-corrected chi connectivity index (χ1v) is 9.59. The predicted molar refractivity (Wildman–Crippen MR) is 103 cm³/mol. The maximum atomic E-state index is 12.2. The number of amides is 1. The standard InChI is InChI=1S/C20H26ClN3O/c1-2-3-10-23-20(25)15-8-12-24(13-9-15)14-16-6-7-18(21)17-5-4-11-22-19(16)17/h4-7,11,15H,2-3,8-10,12-14H2,1H3,(H,23,25). The smallest absolute Gasteiger partial charge is 0.223 e. The van der Waals surface area contributed by atoms with Crippen LogP contribution >= 0.6 is 11.6 Å². The van der Waals surface area contributed by atoms with Crippen molar-refractivity contribution in [3.05, 3.63) is 41.0 Å². The summed E-state index contributed by atoms with van der Waals surface area (Å²) < 4.78 is 0. The molecule has 0 unspecified atom stereocenters. The highest BCUT2D eigenvalue weighted by Gasteiger charge is 2.25. The summed E-state index contributed by atoms with van der Waals surface area (Å²) in [6, 6.07) is 7.96. The summed E-state index contributed by atoms with van der Waals surface area (Å²) in [5, 5.41) is 4.82. The first-order chi connectivity index (χ1) is 12.2. The van der Waals surface area contributed by atoms with Crippen molar-refractivity contribution in [2.24, 2.45) is 5.92 Å². The molecule has 0 bridgehead atoms. The molecule has 4 nitrogen and oxygen atoms in total. The number of unbranched alkanes of at least 4 members (excludes halogenated alkanes) is 1. The second-order valence-corrected chi connectivity index (χ2v) is 7.21. The van der Waals surface area contributed by atoms with Gasteiger partial charge >= 0.3 is 0 Å². The molecule has 1 aromatic carbocycles. The van der Waals surface area contributed by atoms with Crippen LogP contribution in [-0.2, 0) is 11.3 Å². The highest BCUT2D eigenvalue weighted by Crippen LogP contribution is 2.27. The van der Waals surface area contributed by atoms with Crippen LogP contribution in [0, 0.1) is 5.92 Å². The number of fused-ring (bicyclic) bond motifs is 1. The van der Waals surface area contributed by atoms with E-state index in [1.807, 2.05) is 24.4 Å². The topological polar surface area (TPSA) is 45.2 Å². The van der Waals surface area contributed by atoms with Crippen molar-refractivity contribution in [3.8, 4) is 0 Å². The number of likely N-dealkylation sites (tertiary alicyclic amines) is 1. The van der Waals surface area contributed by atoms with Crippen molar-refractivity contribution in [1.29, 1.82) is 0 Å². The second-order valence-electron chi connectivity index (χ2n) is 6.80. The van der Waals surface area contributed by atoms with Gasteiger partial charge in [-0.2, -0.15) is 0 Å². The highest BCUT2D eigenvalue weighted by atomic mass is 35.5. The SMILES string of the molecule is CCCCNC(=O)C1CCN(Cc2ccc(Cl)c3cccnc23)CC1. The molecule has 1 aliphatic heterocycles. The lowest BCUT2D eigenvalue weighted by Crippen LogP contribution is -2.40. The molecule has 0 radical (unpaired) electrons. The van der Waals surface area contributed by atoms with Gasteiger partial charge in [0.2, 0.25) is 5.91 Å². The van der Waals surface area contributed by atoms with E-state index in [2.05, 4.69) is 28.2 Å². The second kappa shape index (κ2) is 8.63. The van der Waals surface area contributed by atoms with E-state index in [1.54, 1.807) is 0 Å². The Labute approximate surface area is 154 Å². The minimum absolute atomic E-state index is 0.160. The van der Waals surface area contributed by atoms with Crippen LogP contribution in [-0.4, -0.2) is 35.4 Å². The van der Waals surface area contributed by atoms with Gasteiger partial charge in [-0.15, -0.1) is 0 Å². The summed E-state index contributed by atoms with van der Waals surface area (Å²) in [5.41, 5.74) is 2.18. The number of nitrogens with zero attached hydrogens (tertiary/aromatic N) is 2. The van der Waals surface area contributed by atoms with Crippen molar-refractivity contribution in [2.45, 2.75) is 39.2 Å². The first-order valence-electron chi connectivity index (χ1n) is 9.21. The van der Waals surface area contributed by atoms with Crippen molar-refractivity contribution in [2.75, 3.05) is 19.6 Å². The lowest BCUT2D eigenvalue weighted by Gasteiger charge is -2.31. The van der Waals surface area contributed by atoms with E-state index < -0.39 is 0 Å². The molecule has 1 fully saturated rings. The number of carbonyl (C=O) groups is 1. The molecule has 0 spiro atoms. The van der Waals surface area contributed by atoms with Gasteiger partial charge in [-0.25, -0.2) is 0 Å². The number of hydrogen-bond donors (Lipinski definition) is 1. The van der Waals surface area contributed by atoms with E-state index in [9.17, 15) is 4.79 Å². The largest absolute Gasteiger partial charge is 0.356 e. The molecule has 1 aliphatic rings. The van der Waals surface area contributed by atoms with Gasteiger partial charge in [-0.1, -0.05) is 31.0 Å². The Balaban J connectivity index is 1.58. The lowest BCUT2D eigenvalue weighted by molar-refractivity contribution is -0.126. The molecule has 25 heavy (non-hydrogen) atoms. The van der Waals surface area contributed by atoms with Crippen LogP contribution in [0.4, 0.5) is 0 Å². The summed E-state index contributed by atoms with van der Waals surface area (Å²) in [6.07, 6.45) is 5.84. The number of nitrogens with one attached hydrogen (secondary N) is 1. The molecule has 0 aliphatic carbocycles. The van der Waals surface area contributed by atoms with Crippen molar-refractivity contribution >= 4 is 28.4 Å². The average Bonchev–Trinajstić information content (AvgIpc) is 2.65. The molecule has 1 saturated heterocycles. The Morgan fingerprint density at radius 1 is 1.32 bits per heavy atom. The quantitative estimate of drug-likeness (QED) is 0.792. The third-order valence-corrected chi connectivity index (χ3v) is 5.31. The Kier molecular flexibility index (Phi) is 6.27. The third-order valence-electron chi connectivity index (χ3n) is 4.98. The molecule has 134 valence electrons. The highest BCUT2D eigenvalue weighted by molar-refractivity contribution is 6.35. The number of carbonyl (C=O) groups excluding carboxylic acids is 1. The zero-order valence-electron chi connectivity index (χ0n) is 14.8. The molecule has 0 atom stereocenters. The minimum Gasteiger partial charge on any atom is -0.356 e. The van der Waals surface area contributed by atoms with Crippen LogP contribution in [0.2, 0.25) is 5.02 Å². The van der Waals surface area contributed by atoms with Crippen molar-refractivity contribution < 1.29 is 4.79 Å². The van der Waals surface area contributed by atoms with E-state index in [0.29, 0.717) is 0 Å². The lowest BCUT2D eigenvalue weighted by atomic mass is 9.95. The molecule has 1 aromatic heterocycles. The normalized spacial score (nSPS) is 16.2. The number of pyridine rings is 1. The van der Waals surface area contributed by atoms with Gasteiger partial charge in [0.1, 0.15) is 0 Å². The van der Waals surface area contributed by atoms with Crippen LogP contribution in [0.5, 0.6) is 0 Å².